The van der Waals surface area contributed by atoms with Gasteiger partial charge in [-0.2, -0.15) is 0 Å². The van der Waals surface area contributed by atoms with E-state index in [4.69, 9.17) is 9.97 Å². The minimum Gasteiger partial charge on any atom is -0.228 e. The second-order valence-electron chi connectivity index (χ2n) is 14.9. The molecule has 10 rings (SSSR count). The molecule has 0 amide bonds. The van der Waals surface area contributed by atoms with Crippen molar-refractivity contribution in [3.63, 3.8) is 0 Å². The molecule has 0 unspecified atom stereocenters. The van der Waals surface area contributed by atoms with Crippen LogP contribution >= 0.6 is 0 Å². The van der Waals surface area contributed by atoms with Crippen molar-refractivity contribution in [2.45, 2.75) is 37.5 Å². The standard InChI is InChI=1S/C52H40N2/c1-4-12-36(13-5-1)37-22-26-41(27-23-37)49-35-50(54-51(53-49)43-14-6-2-7-15-43)42-28-24-39(25-29-42)38-18-20-40(21-19-38)44-30-31-46-45-16-8-9-17-47(45)52(48(46)34-44)32-10-3-11-33-52/h1-2,4-9,12-31,34-35H,3,10-11,32-33H2. The predicted octanol–water partition coefficient (Wildman–Crippen LogP) is 13.7. The van der Waals surface area contributed by atoms with Crippen molar-refractivity contribution in [1.29, 1.82) is 0 Å². The molecule has 1 heterocycles. The highest BCUT2D eigenvalue weighted by Crippen LogP contribution is 2.56. The van der Waals surface area contributed by atoms with Gasteiger partial charge < -0.3 is 0 Å². The third kappa shape index (κ3) is 5.76. The molecule has 2 nitrogen and oxygen atoms in total. The topological polar surface area (TPSA) is 25.8 Å². The van der Waals surface area contributed by atoms with Gasteiger partial charge >= 0.3 is 0 Å². The van der Waals surface area contributed by atoms with E-state index in [9.17, 15) is 0 Å². The maximum atomic E-state index is 5.07. The molecular weight excluding hydrogens is 653 g/mol. The maximum absolute atomic E-state index is 5.07. The Kier molecular flexibility index (Phi) is 8.10. The Morgan fingerprint density at radius 3 is 1.31 bits per heavy atom. The molecule has 1 spiro atoms. The van der Waals surface area contributed by atoms with Crippen LogP contribution in [0.25, 0.3) is 78.4 Å². The Bertz CT molecular complexity index is 2580. The molecule has 0 saturated heterocycles. The van der Waals surface area contributed by atoms with Gasteiger partial charge in [0.2, 0.25) is 0 Å². The van der Waals surface area contributed by atoms with E-state index in [0.29, 0.717) is 0 Å². The molecule has 0 aliphatic heterocycles. The maximum Gasteiger partial charge on any atom is 0.160 e. The Balaban J connectivity index is 0.942. The van der Waals surface area contributed by atoms with Gasteiger partial charge in [0, 0.05) is 22.1 Å². The first-order valence-corrected chi connectivity index (χ1v) is 19.3. The number of nitrogens with zero attached hydrogens (tertiary/aromatic N) is 2. The van der Waals surface area contributed by atoms with E-state index in [1.54, 1.807) is 5.56 Å². The SMILES string of the molecule is c1ccc(-c2ccc(-c3cc(-c4ccc(-c5ccc(-c6ccc7c(c6)C6(CCCCC6)c6ccccc6-7)cc5)cc4)nc(-c4ccccc4)n3)cc2)cc1. The molecule has 7 aromatic carbocycles. The van der Waals surface area contributed by atoms with Crippen LogP contribution in [-0.4, -0.2) is 9.97 Å². The second-order valence-corrected chi connectivity index (χ2v) is 14.9. The molecule has 2 aliphatic carbocycles. The van der Waals surface area contributed by atoms with Crippen LogP contribution in [-0.2, 0) is 5.41 Å². The molecule has 2 aliphatic rings. The van der Waals surface area contributed by atoms with Crippen LogP contribution in [0.5, 0.6) is 0 Å². The average molecular weight is 693 g/mol. The third-order valence-electron chi connectivity index (χ3n) is 11.8. The van der Waals surface area contributed by atoms with E-state index >= 15 is 0 Å². The van der Waals surface area contributed by atoms with Gasteiger partial charge in [0.25, 0.3) is 0 Å². The van der Waals surface area contributed by atoms with Crippen LogP contribution in [0.2, 0.25) is 0 Å². The summed E-state index contributed by atoms with van der Waals surface area (Å²) in [7, 11) is 0. The number of aromatic nitrogens is 2. The molecule has 2 heteroatoms. The van der Waals surface area contributed by atoms with Crippen LogP contribution in [0.15, 0.2) is 182 Å². The van der Waals surface area contributed by atoms with Crippen molar-refractivity contribution in [3.05, 3.63) is 193 Å². The molecule has 1 aromatic heterocycles. The number of hydrogen-bond acceptors (Lipinski definition) is 2. The highest BCUT2D eigenvalue weighted by atomic mass is 14.9. The molecule has 0 bridgehead atoms. The van der Waals surface area contributed by atoms with E-state index in [1.165, 1.54) is 82.2 Å². The third-order valence-corrected chi connectivity index (χ3v) is 11.8. The lowest BCUT2D eigenvalue weighted by molar-refractivity contribution is 0.353. The summed E-state index contributed by atoms with van der Waals surface area (Å²) in [5.41, 5.74) is 18.4. The van der Waals surface area contributed by atoms with Crippen molar-refractivity contribution in [2.75, 3.05) is 0 Å². The summed E-state index contributed by atoms with van der Waals surface area (Å²) in [5, 5.41) is 0. The monoisotopic (exact) mass is 692 g/mol. The minimum atomic E-state index is 0.168. The first kappa shape index (κ1) is 32.3. The Hall–Kier alpha value is -6.38. The van der Waals surface area contributed by atoms with Crippen molar-refractivity contribution < 1.29 is 0 Å². The summed E-state index contributed by atoms with van der Waals surface area (Å²) >= 11 is 0. The first-order chi connectivity index (χ1) is 26.7. The van der Waals surface area contributed by atoms with Gasteiger partial charge in [0.05, 0.1) is 11.4 Å². The lowest BCUT2D eigenvalue weighted by Gasteiger charge is -2.36. The van der Waals surface area contributed by atoms with Gasteiger partial charge in [-0.05, 0) is 80.6 Å². The van der Waals surface area contributed by atoms with Crippen LogP contribution in [0, 0.1) is 0 Å². The second kappa shape index (κ2) is 13.5. The van der Waals surface area contributed by atoms with Crippen LogP contribution < -0.4 is 0 Å². The summed E-state index contributed by atoms with van der Waals surface area (Å²) in [6, 6.07) is 65.7. The van der Waals surface area contributed by atoms with Crippen molar-refractivity contribution in [1.82, 2.24) is 9.97 Å². The molecule has 0 atom stereocenters. The fraction of sp³-hybridized carbons (Fsp3) is 0.115. The zero-order chi connectivity index (χ0) is 35.9. The molecule has 54 heavy (non-hydrogen) atoms. The van der Waals surface area contributed by atoms with Crippen LogP contribution in [0.4, 0.5) is 0 Å². The van der Waals surface area contributed by atoms with Gasteiger partial charge in [-0.25, -0.2) is 9.97 Å². The Morgan fingerprint density at radius 2 is 0.741 bits per heavy atom. The van der Waals surface area contributed by atoms with E-state index in [-0.39, 0.29) is 5.41 Å². The lowest BCUT2D eigenvalue weighted by atomic mass is 9.67. The molecular formula is C52H40N2. The fourth-order valence-corrected chi connectivity index (χ4v) is 8.94. The number of rotatable bonds is 6. The molecule has 1 saturated carbocycles. The largest absolute Gasteiger partial charge is 0.228 e. The zero-order valence-electron chi connectivity index (χ0n) is 30.3. The summed E-state index contributed by atoms with van der Waals surface area (Å²) in [6.07, 6.45) is 6.46. The van der Waals surface area contributed by atoms with Crippen molar-refractivity contribution in [2.24, 2.45) is 0 Å². The Morgan fingerprint density at radius 1 is 0.315 bits per heavy atom. The van der Waals surface area contributed by atoms with Gasteiger partial charge in [-0.15, -0.1) is 0 Å². The molecule has 0 N–H and O–H groups in total. The van der Waals surface area contributed by atoms with E-state index < -0.39 is 0 Å². The van der Waals surface area contributed by atoms with Gasteiger partial charge in [0.15, 0.2) is 5.82 Å². The Labute approximate surface area is 317 Å². The zero-order valence-corrected chi connectivity index (χ0v) is 30.3. The molecule has 0 radical (unpaired) electrons. The van der Waals surface area contributed by atoms with Crippen molar-refractivity contribution >= 4 is 0 Å². The van der Waals surface area contributed by atoms with Gasteiger partial charge in [0.1, 0.15) is 0 Å². The number of hydrogen-bond donors (Lipinski definition) is 0. The van der Waals surface area contributed by atoms with Crippen LogP contribution in [0.3, 0.4) is 0 Å². The van der Waals surface area contributed by atoms with E-state index in [1.807, 2.05) is 24.3 Å². The molecule has 258 valence electrons. The average Bonchev–Trinajstić information content (AvgIpc) is 3.52. The molecule has 8 aromatic rings. The van der Waals surface area contributed by atoms with E-state index in [0.717, 1.165) is 33.9 Å². The number of benzene rings is 7. The smallest absolute Gasteiger partial charge is 0.160 e. The van der Waals surface area contributed by atoms with Gasteiger partial charge in [-0.3, -0.25) is 0 Å². The summed E-state index contributed by atoms with van der Waals surface area (Å²) in [6.45, 7) is 0. The van der Waals surface area contributed by atoms with E-state index in [2.05, 4.69) is 158 Å². The highest BCUT2D eigenvalue weighted by Gasteiger charge is 2.43. The summed E-state index contributed by atoms with van der Waals surface area (Å²) in [5.74, 6) is 0.722. The first-order valence-electron chi connectivity index (χ1n) is 19.3. The highest BCUT2D eigenvalue weighted by molar-refractivity contribution is 5.84. The van der Waals surface area contributed by atoms with Crippen molar-refractivity contribution in [3.8, 4) is 78.4 Å². The normalized spacial score (nSPS) is 14.1. The van der Waals surface area contributed by atoms with Gasteiger partial charge in [-0.1, -0.05) is 189 Å². The lowest BCUT2D eigenvalue weighted by Crippen LogP contribution is -2.28. The van der Waals surface area contributed by atoms with Crippen LogP contribution in [0.1, 0.15) is 43.2 Å². The summed E-state index contributed by atoms with van der Waals surface area (Å²) < 4.78 is 0. The molecule has 1 fully saturated rings. The quantitative estimate of drug-likeness (QED) is 0.173. The number of fused-ring (bicyclic) bond motifs is 5. The predicted molar refractivity (Wildman–Crippen MR) is 224 cm³/mol. The summed E-state index contributed by atoms with van der Waals surface area (Å²) in [4.78, 5) is 10.1. The minimum absolute atomic E-state index is 0.168. The fourth-order valence-electron chi connectivity index (χ4n) is 8.94.